The Morgan fingerprint density at radius 1 is 1.50 bits per heavy atom. The third-order valence-electron chi connectivity index (χ3n) is 3.97. The van der Waals surface area contributed by atoms with Crippen molar-refractivity contribution < 1.29 is 9.13 Å². The van der Waals surface area contributed by atoms with Crippen LogP contribution in [0.2, 0.25) is 0 Å². The summed E-state index contributed by atoms with van der Waals surface area (Å²) in [5.74, 6) is 0.898. The number of ether oxygens (including phenoxy) is 1. The first-order chi connectivity index (χ1) is 9.65. The highest BCUT2D eigenvalue weighted by Gasteiger charge is 2.50. The van der Waals surface area contributed by atoms with Crippen molar-refractivity contribution in [1.29, 1.82) is 0 Å². The molecule has 1 aromatic carbocycles. The van der Waals surface area contributed by atoms with Crippen molar-refractivity contribution in [1.82, 2.24) is 14.8 Å². The van der Waals surface area contributed by atoms with Gasteiger partial charge in [0.1, 0.15) is 12.2 Å². The Morgan fingerprint density at radius 2 is 2.30 bits per heavy atom. The highest BCUT2D eigenvalue weighted by Crippen LogP contribution is 2.49. The van der Waals surface area contributed by atoms with Crippen molar-refractivity contribution in [3.05, 3.63) is 46.5 Å². The first-order valence-electron chi connectivity index (χ1n) is 6.44. The Labute approximate surface area is 125 Å². The number of hydrogen-bond acceptors (Lipinski definition) is 3. The number of aromatic nitrogens is 3. The molecule has 0 aliphatic heterocycles. The third-order valence-corrected chi connectivity index (χ3v) is 4.46. The molecule has 0 spiro atoms. The van der Waals surface area contributed by atoms with Gasteiger partial charge in [0, 0.05) is 11.5 Å². The van der Waals surface area contributed by atoms with E-state index < -0.39 is 6.86 Å². The zero-order chi connectivity index (χ0) is 14.2. The number of hydrogen-bond donors (Lipinski definition) is 0. The van der Waals surface area contributed by atoms with Gasteiger partial charge in [-0.05, 0) is 30.5 Å². The van der Waals surface area contributed by atoms with Crippen molar-refractivity contribution >= 4 is 15.9 Å². The second-order valence-corrected chi connectivity index (χ2v) is 6.08. The lowest BCUT2D eigenvalue weighted by molar-refractivity contribution is -0.0723. The first kappa shape index (κ1) is 13.7. The summed E-state index contributed by atoms with van der Waals surface area (Å²) in [7, 11) is 1.93. The molecule has 1 heterocycles. The van der Waals surface area contributed by atoms with Crippen LogP contribution in [0.5, 0.6) is 0 Å². The molecule has 0 atom stereocenters. The lowest BCUT2D eigenvalue weighted by Gasteiger charge is -2.46. The molecule has 6 heteroatoms. The van der Waals surface area contributed by atoms with Gasteiger partial charge in [0.2, 0.25) is 0 Å². The summed E-state index contributed by atoms with van der Waals surface area (Å²) in [5, 5.41) is 8.23. The predicted octanol–water partition coefficient (Wildman–Crippen LogP) is 2.97. The molecular formula is C14H15BrFN3O. The number of aryl methyl sites for hydroxylation is 1. The van der Waals surface area contributed by atoms with Crippen LogP contribution in [0.1, 0.15) is 24.2 Å². The summed E-state index contributed by atoms with van der Waals surface area (Å²) < 4.78 is 20.4. The van der Waals surface area contributed by atoms with Crippen molar-refractivity contribution in [3.8, 4) is 0 Å². The van der Waals surface area contributed by atoms with E-state index in [1.54, 1.807) is 6.33 Å². The molecule has 0 bridgehead atoms. The summed E-state index contributed by atoms with van der Waals surface area (Å²) in [6.45, 7) is -0.738. The van der Waals surface area contributed by atoms with Crippen molar-refractivity contribution in [2.45, 2.75) is 24.4 Å². The molecule has 1 aliphatic rings. The number of nitrogens with zero attached hydrogens (tertiary/aromatic N) is 3. The van der Waals surface area contributed by atoms with E-state index in [0.717, 1.165) is 28.7 Å². The van der Waals surface area contributed by atoms with Gasteiger partial charge >= 0.3 is 0 Å². The SMILES string of the molecule is Cn1cnnc1[C@]1(c2cccc(Br)c2)C[C@@H](OCF)C1. The molecule has 1 saturated carbocycles. The fourth-order valence-electron chi connectivity index (χ4n) is 2.97. The van der Waals surface area contributed by atoms with Gasteiger partial charge in [-0.1, -0.05) is 28.1 Å². The van der Waals surface area contributed by atoms with E-state index in [1.807, 2.05) is 23.7 Å². The van der Waals surface area contributed by atoms with Crippen LogP contribution >= 0.6 is 15.9 Å². The molecule has 1 aliphatic carbocycles. The van der Waals surface area contributed by atoms with Gasteiger partial charge in [-0.3, -0.25) is 0 Å². The van der Waals surface area contributed by atoms with E-state index >= 15 is 0 Å². The molecule has 0 amide bonds. The van der Waals surface area contributed by atoms with E-state index in [9.17, 15) is 4.39 Å². The van der Waals surface area contributed by atoms with Crippen LogP contribution in [0.3, 0.4) is 0 Å². The van der Waals surface area contributed by atoms with Crippen molar-refractivity contribution in [3.63, 3.8) is 0 Å². The molecule has 3 rings (SSSR count). The monoisotopic (exact) mass is 339 g/mol. The summed E-state index contributed by atoms with van der Waals surface area (Å²) in [6.07, 6.45) is 3.08. The fraction of sp³-hybridized carbons (Fsp3) is 0.429. The van der Waals surface area contributed by atoms with Crippen molar-refractivity contribution in [2.75, 3.05) is 6.86 Å². The molecule has 106 valence electrons. The minimum Gasteiger partial charge on any atom is -0.347 e. The Bertz CT molecular complexity index is 610. The van der Waals surface area contributed by atoms with E-state index in [4.69, 9.17) is 4.74 Å². The number of benzene rings is 1. The molecule has 0 saturated heterocycles. The summed E-state index contributed by atoms with van der Waals surface area (Å²) >= 11 is 3.50. The lowest BCUT2D eigenvalue weighted by atomic mass is 9.62. The standard InChI is InChI=1S/C14H15BrFN3O/c1-19-9-17-18-13(19)14(6-12(7-14)20-8-16)10-3-2-4-11(15)5-10/h2-5,9,12H,6-8H2,1H3/t12-,14-. The van der Waals surface area contributed by atoms with Crippen LogP contribution in [0.25, 0.3) is 0 Å². The molecule has 1 fully saturated rings. The zero-order valence-corrected chi connectivity index (χ0v) is 12.7. The van der Waals surface area contributed by atoms with Gasteiger partial charge in [0.05, 0.1) is 11.5 Å². The van der Waals surface area contributed by atoms with Gasteiger partial charge in [0.15, 0.2) is 6.86 Å². The second-order valence-electron chi connectivity index (χ2n) is 5.16. The second kappa shape index (κ2) is 5.26. The molecule has 0 unspecified atom stereocenters. The topological polar surface area (TPSA) is 39.9 Å². The predicted molar refractivity (Wildman–Crippen MR) is 76.0 cm³/mol. The van der Waals surface area contributed by atoms with Gasteiger partial charge in [0.25, 0.3) is 0 Å². The largest absolute Gasteiger partial charge is 0.347 e. The van der Waals surface area contributed by atoms with E-state index in [0.29, 0.717) is 0 Å². The molecule has 2 aromatic rings. The molecule has 0 N–H and O–H groups in total. The van der Waals surface area contributed by atoms with E-state index in [2.05, 4.69) is 38.3 Å². The summed E-state index contributed by atoms with van der Waals surface area (Å²) in [5.41, 5.74) is 0.913. The number of rotatable bonds is 4. The molecule has 20 heavy (non-hydrogen) atoms. The maximum absolute atomic E-state index is 12.3. The highest BCUT2D eigenvalue weighted by molar-refractivity contribution is 9.10. The van der Waals surface area contributed by atoms with Gasteiger partial charge < -0.3 is 9.30 Å². The Hall–Kier alpha value is -1.27. The molecule has 1 aromatic heterocycles. The Balaban J connectivity index is 2.00. The average molecular weight is 340 g/mol. The zero-order valence-electron chi connectivity index (χ0n) is 11.1. The minimum absolute atomic E-state index is 0.0596. The number of alkyl halides is 1. The smallest absolute Gasteiger partial charge is 0.188 e. The third kappa shape index (κ3) is 2.16. The summed E-state index contributed by atoms with van der Waals surface area (Å²) in [4.78, 5) is 0. The molecular weight excluding hydrogens is 325 g/mol. The quantitative estimate of drug-likeness (QED) is 0.859. The van der Waals surface area contributed by atoms with Gasteiger partial charge in [-0.2, -0.15) is 0 Å². The van der Waals surface area contributed by atoms with Crippen LogP contribution in [0.4, 0.5) is 4.39 Å². The van der Waals surface area contributed by atoms with Gasteiger partial charge in [-0.25, -0.2) is 4.39 Å². The summed E-state index contributed by atoms with van der Waals surface area (Å²) in [6, 6.07) is 8.15. The molecule has 4 nitrogen and oxygen atoms in total. The minimum atomic E-state index is -0.738. The van der Waals surface area contributed by atoms with Gasteiger partial charge in [-0.15, -0.1) is 10.2 Å². The maximum atomic E-state index is 12.3. The van der Waals surface area contributed by atoms with Crippen LogP contribution in [0.15, 0.2) is 35.1 Å². The van der Waals surface area contributed by atoms with Crippen LogP contribution < -0.4 is 0 Å². The first-order valence-corrected chi connectivity index (χ1v) is 7.23. The molecule has 0 radical (unpaired) electrons. The highest BCUT2D eigenvalue weighted by atomic mass is 79.9. The maximum Gasteiger partial charge on any atom is 0.188 e. The van der Waals surface area contributed by atoms with Crippen LogP contribution in [-0.4, -0.2) is 27.7 Å². The fourth-order valence-corrected chi connectivity index (χ4v) is 3.37. The lowest BCUT2D eigenvalue weighted by Crippen LogP contribution is -2.48. The van der Waals surface area contributed by atoms with E-state index in [-0.39, 0.29) is 11.5 Å². The van der Waals surface area contributed by atoms with E-state index in [1.165, 1.54) is 0 Å². The average Bonchev–Trinajstić information content (AvgIpc) is 2.80. The van der Waals surface area contributed by atoms with Crippen LogP contribution in [0, 0.1) is 0 Å². The normalized spacial score (nSPS) is 25.4. The van der Waals surface area contributed by atoms with Crippen molar-refractivity contribution in [2.24, 2.45) is 7.05 Å². The Morgan fingerprint density at radius 3 is 2.90 bits per heavy atom. The van der Waals surface area contributed by atoms with Crippen LogP contribution in [-0.2, 0) is 17.2 Å². The number of halogens is 2. The Kier molecular flexibility index (Phi) is 3.60.